The van der Waals surface area contributed by atoms with E-state index in [9.17, 15) is 18.8 Å². The van der Waals surface area contributed by atoms with E-state index in [4.69, 9.17) is 0 Å². The Bertz CT molecular complexity index is 1090. The molecule has 2 saturated carbocycles. The Hall–Kier alpha value is -2.56. The third-order valence-corrected chi connectivity index (χ3v) is 8.61. The Morgan fingerprint density at radius 1 is 1.06 bits per heavy atom. The number of allylic oxidation sites excluding steroid dienone is 4. The average Bonchev–Trinajstić information content (AvgIpc) is 3.51. The molecule has 1 aromatic carbocycles. The molecule has 1 amide bonds. The standard InChI is InChI=1S/C31H40FNO3/c1-21(2)26-11-7-6-10-23(26)18-25(35)13-15-29(36)31(16-8-5-9-17-31)33(22(3)34)28-14-12-24(32)19-30(4)20-27(28)30/h6-7,10-12,14,21,27H,5,8-9,13,15-20H2,1-4H3. The highest BCUT2D eigenvalue weighted by atomic mass is 19.1. The van der Waals surface area contributed by atoms with Gasteiger partial charge < -0.3 is 4.90 Å². The van der Waals surface area contributed by atoms with Crippen molar-refractivity contribution < 1.29 is 18.8 Å². The van der Waals surface area contributed by atoms with E-state index < -0.39 is 5.54 Å². The van der Waals surface area contributed by atoms with Crippen LogP contribution in [0.1, 0.15) is 103 Å². The van der Waals surface area contributed by atoms with Gasteiger partial charge in [-0.15, -0.1) is 0 Å². The molecular formula is C31H40FNO3. The zero-order valence-electron chi connectivity index (χ0n) is 22.2. The number of hydrogen-bond acceptors (Lipinski definition) is 3. The maximum absolute atomic E-state index is 14.4. The van der Waals surface area contributed by atoms with E-state index in [1.165, 1.54) is 13.0 Å². The molecule has 0 N–H and O–H groups in total. The third kappa shape index (κ3) is 5.26. The summed E-state index contributed by atoms with van der Waals surface area (Å²) in [5.74, 6) is 0.0790. The van der Waals surface area contributed by atoms with Crippen LogP contribution < -0.4 is 0 Å². The highest BCUT2D eigenvalue weighted by Crippen LogP contribution is 2.62. The number of carbonyl (C=O) groups excluding carboxylic acids is 3. The van der Waals surface area contributed by atoms with Gasteiger partial charge in [-0.1, -0.05) is 64.3 Å². The Morgan fingerprint density at radius 2 is 1.75 bits per heavy atom. The average molecular weight is 494 g/mol. The summed E-state index contributed by atoms with van der Waals surface area (Å²) in [7, 11) is 0. The smallest absolute Gasteiger partial charge is 0.224 e. The van der Waals surface area contributed by atoms with E-state index in [-0.39, 0.29) is 47.5 Å². The lowest BCUT2D eigenvalue weighted by Crippen LogP contribution is -2.57. The van der Waals surface area contributed by atoms with E-state index in [0.717, 1.165) is 42.5 Å². The third-order valence-electron chi connectivity index (χ3n) is 8.61. The number of nitrogens with zero attached hydrogens (tertiary/aromatic N) is 1. The van der Waals surface area contributed by atoms with Gasteiger partial charge in [0, 0.05) is 44.2 Å². The maximum Gasteiger partial charge on any atom is 0.224 e. The minimum Gasteiger partial charge on any atom is -0.303 e. The predicted octanol–water partition coefficient (Wildman–Crippen LogP) is 6.99. The van der Waals surface area contributed by atoms with Gasteiger partial charge in [-0.25, -0.2) is 4.39 Å². The first-order valence-corrected chi connectivity index (χ1v) is 13.6. The Kier molecular flexibility index (Phi) is 7.68. The van der Waals surface area contributed by atoms with Crippen molar-refractivity contribution in [2.24, 2.45) is 11.3 Å². The molecule has 3 aliphatic carbocycles. The van der Waals surface area contributed by atoms with Crippen molar-refractivity contribution in [1.82, 2.24) is 4.90 Å². The number of ketones is 2. The van der Waals surface area contributed by atoms with Crippen molar-refractivity contribution in [2.45, 2.75) is 103 Å². The van der Waals surface area contributed by atoms with Crippen molar-refractivity contribution in [2.75, 3.05) is 0 Å². The van der Waals surface area contributed by atoms with Gasteiger partial charge in [-0.2, -0.15) is 0 Å². The summed E-state index contributed by atoms with van der Waals surface area (Å²) in [6.45, 7) is 7.81. The van der Waals surface area contributed by atoms with Crippen LogP contribution in [0.25, 0.3) is 0 Å². The Morgan fingerprint density at radius 3 is 2.42 bits per heavy atom. The van der Waals surface area contributed by atoms with Crippen LogP contribution in [0.3, 0.4) is 0 Å². The first kappa shape index (κ1) is 26.5. The second kappa shape index (κ2) is 10.4. The quantitative estimate of drug-likeness (QED) is 0.372. The fraction of sp³-hybridized carbons (Fsp3) is 0.581. The van der Waals surface area contributed by atoms with Crippen molar-refractivity contribution in [3.8, 4) is 0 Å². The number of amides is 1. The van der Waals surface area contributed by atoms with E-state index in [0.29, 0.717) is 31.6 Å². The summed E-state index contributed by atoms with van der Waals surface area (Å²) >= 11 is 0. The predicted molar refractivity (Wildman–Crippen MR) is 140 cm³/mol. The fourth-order valence-electron chi connectivity index (χ4n) is 6.57. The van der Waals surface area contributed by atoms with E-state index in [1.807, 2.05) is 18.2 Å². The lowest BCUT2D eigenvalue weighted by molar-refractivity contribution is -0.145. The molecule has 1 aromatic rings. The SMILES string of the molecule is CC(=O)N(C1=CC=C(F)CC2(C)CC12)C1(C(=O)CCC(=O)Cc2ccccc2C(C)C)CCCCC1. The molecule has 0 aromatic heterocycles. The largest absolute Gasteiger partial charge is 0.303 e. The van der Waals surface area contributed by atoms with Crippen LogP contribution in [0.2, 0.25) is 0 Å². The van der Waals surface area contributed by atoms with Gasteiger partial charge in [0.05, 0.1) is 0 Å². The van der Waals surface area contributed by atoms with Crippen LogP contribution in [0.5, 0.6) is 0 Å². The maximum atomic E-state index is 14.4. The molecule has 0 saturated heterocycles. The van der Waals surface area contributed by atoms with E-state index in [1.54, 1.807) is 11.0 Å². The molecule has 4 rings (SSSR count). The first-order valence-electron chi connectivity index (χ1n) is 13.6. The molecule has 0 heterocycles. The monoisotopic (exact) mass is 493 g/mol. The van der Waals surface area contributed by atoms with Crippen molar-refractivity contribution >= 4 is 17.5 Å². The summed E-state index contributed by atoms with van der Waals surface area (Å²) in [6.07, 6.45) is 8.98. The molecular weight excluding hydrogens is 453 g/mol. The van der Waals surface area contributed by atoms with Gasteiger partial charge >= 0.3 is 0 Å². The number of benzene rings is 1. The summed E-state index contributed by atoms with van der Waals surface area (Å²) in [4.78, 5) is 41.8. The second-order valence-electron chi connectivity index (χ2n) is 11.7. The Balaban J connectivity index is 1.55. The molecule has 0 bridgehead atoms. The lowest BCUT2D eigenvalue weighted by Gasteiger charge is -2.46. The number of carbonyl (C=O) groups is 3. The first-order chi connectivity index (χ1) is 17.1. The minimum absolute atomic E-state index is 0.0279. The highest BCUT2D eigenvalue weighted by molar-refractivity contribution is 5.96. The van der Waals surface area contributed by atoms with Gasteiger partial charge in [0.2, 0.25) is 5.91 Å². The molecule has 2 unspecified atom stereocenters. The second-order valence-corrected chi connectivity index (χ2v) is 11.7. The fourth-order valence-corrected chi connectivity index (χ4v) is 6.57. The number of fused-ring (bicyclic) bond motifs is 1. The normalized spacial score (nSPS) is 24.8. The molecule has 2 fully saturated rings. The van der Waals surface area contributed by atoms with Crippen LogP contribution in [0, 0.1) is 11.3 Å². The molecule has 194 valence electrons. The molecule has 36 heavy (non-hydrogen) atoms. The Labute approximate surface area is 215 Å². The molecule has 0 aliphatic heterocycles. The molecule has 4 nitrogen and oxygen atoms in total. The summed E-state index contributed by atoms with van der Waals surface area (Å²) in [6, 6.07) is 7.99. The van der Waals surface area contributed by atoms with Crippen molar-refractivity contribution in [3.63, 3.8) is 0 Å². The zero-order valence-corrected chi connectivity index (χ0v) is 22.2. The van der Waals surface area contributed by atoms with Crippen LogP contribution in [0.4, 0.5) is 4.39 Å². The number of halogens is 1. The summed E-state index contributed by atoms with van der Waals surface area (Å²) < 4.78 is 14.4. The zero-order chi connectivity index (χ0) is 26.1. The number of rotatable bonds is 9. The summed E-state index contributed by atoms with van der Waals surface area (Å²) in [5, 5.41) is 0. The van der Waals surface area contributed by atoms with Crippen LogP contribution in [0.15, 0.2) is 47.9 Å². The molecule has 2 atom stereocenters. The van der Waals surface area contributed by atoms with Gasteiger partial charge in [0.15, 0.2) is 5.78 Å². The van der Waals surface area contributed by atoms with E-state index in [2.05, 4.69) is 26.8 Å². The number of Topliss-reactive ketones (excluding diaryl/α,β-unsaturated/α-hetero) is 2. The van der Waals surface area contributed by atoms with Crippen molar-refractivity contribution in [3.05, 3.63) is 59.1 Å². The topological polar surface area (TPSA) is 54.5 Å². The molecule has 0 radical (unpaired) electrons. The van der Waals surface area contributed by atoms with Gasteiger partial charge in [0.1, 0.15) is 17.1 Å². The summed E-state index contributed by atoms with van der Waals surface area (Å²) in [5.41, 5.74) is 1.83. The number of hydrogen-bond donors (Lipinski definition) is 0. The van der Waals surface area contributed by atoms with Gasteiger partial charge in [-0.05, 0) is 53.9 Å². The minimum atomic E-state index is -0.940. The van der Waals surface area contributed by atoms with E-state index >= 15 is 0 Å². The van der Waals surface area contributed by atoms with Crippen molar-refractivity contribution in [1.29, 1.82) is 0 Å². The van der Waals surface area contributed by atoms with Crippen LogP contribution >= 0.6 is 0 Å². The molecule has 0 spiro atoms. The lowest BCUT2D eigenvalue weighted by atomic mass is 9.74. The van der Waals surface area contributed by atoms with Gasteiger partial charge in [-0.3, -0.25) is 14.4 Å². The van der Waals surface area contributed by atoms with Gasteiger partial charge in [0.25, 0.3) is 0 Å². The van der Waals surface area contributed by atoms with Crippen LogP contribution in [-0.2, 0) is 20.8 Å². The molecule has 3 aliphatic rings. The van der Waals surface area contributed by atoms with Crippen LogP contribution in [-0.4, -0.2) is 27.9 Å². The molecule has 5 heteroatoms. The highest BCUT2D eigenvalue weighted by Gasteiger charge is 2.57.